The van der Waals surface area contributed by atoms with Crippen LogP contribution in [0.15, 0.2) is 24.3 Å². The Morgan fingerprint density at radius 2 is 2.12 bits per heavy atom. The van der Waals surface area contributed by atoms with Crippen molar-refractivity contribution in [1.29, 1.82) is 0 Å². The summed E-state index contributed by atoms with van der Waals surface area (Å²) in [6.07, 6.45) is 5.60. The van der Waals surface area contributed by atoms with Crippen molar-refractivity contribution in [2.45, 2.75) is 45.2 Å². The normalized spacial score (nSPS) is 18.1. The molecule has 1 aliphatic rings. The van der Waals surface area contributed by atoms with Crippen LogP contribution in [0.4, 0.5) is 0 Å². The summed E-state index contributed by atoms with van der Waals surface area (Å²) < 4.78 is 0. The molecule has 0 saturated heterocycles. The highest BCUT2D eigenvalue weighted by Crippen LogP contribution is 2.30. The summed E-state index contributed by atoms with van der Waals surface area (Å²) in [4.78, 5) is 0. The fourth-order valence-corrected chi connectivity index (χ4v) is 2.44. The summed E-state index contributed by atoms with van der Waals surface area (Å²) in [5, 5.41) is 4.42. The Morgan fingerprint density at radius 3 is 2.75 bits per heavy atom. The molecule has 1 N–H and O–H groups in total. The largest absolute Gasteiger partial charge is 0.310 e. The maximum Gasteiger partial charge on any atom is 0.0450 e. The Balaban J connectivity index is 1.75. The quantitative estimate of drug-likeness (QED) is 0.816. The molecule has 1 saturated carbocycles. The van der Waals surface area contributed by atoms with Gasteiger partial charge in [-0.2, -0.15) is 0 Å². The first-order valence-electron chi connectivity index (χ1n) is 6.22. The van der Waals surface area contributed by atoms with Crippen molar-refractivity contribution in [3.8, 4) is 0 Å². The molecule has 1 nitrogen and oxygen atoms in total. The predicted octanol–water partition coefficient (Wildman–Crippen LogP) is 4.01. The number of hydrogen-bond acceptors (Lipinski definition) is 1. The molecule has 1 atom stereocenters. The van der Waals surface area contributed by atoms with E-state index in [0.717, 1.165) is 17.5 Å². The molecule has 0 radical (unpaired) electrons. The molecule has 16 heavy (non-hydrogen) atoms. The van der Waals surface area contributed by atoms with Crippen molar-refractivity contribution in [3.63, 3.8) is 0 Å². The minimum Gasteiger partial charge on any atom is -0.310 e. The van der Waals surface area contributed by atoms with Gasteiger partial charge in [-0.1, -0.05) is 49.1 Å². The smallest absolute Gasteiger partial charge is 0.0450 e. The van der Waals surface area contributed by atoms with Crippen molar-refractivity contribution in [2.75, 3.05) is 0 Å². The fourth-order valence-electron chi connectivity index (χ4n) is 2.24. The Bertz CT molecular complexity index is 333. The second kappa shape index (κ2) is 5.70. The lowest BCUT2D eigenvalue weighted by Gasteiger charge is -2.28. The summed E-state index contributed by atoms with van der Waals surface area (Å²) in [7, 11) is 0. The Hall–Kier alpha value is -0.530. The first-order valence-corrected chi connectivity index (χ1v) is 6.60. The van der Waals surface area contributed by atoms with Crippen molar-refractivity contribution in [1.82, 2.24) is 5.32 Å². The Morgan fingerprint density at radius 1 is 1.38 bits per heavy atom. The van der Waals surface area contributed by atoms with Crippen LogP contribution in [-0.4, -0.2) is 6.04 Å². The zero-order valence-corrected chi connectivity index (χ0v) is 10.6. The SMILES string of the molecule is CC(CC1CCC1)NCc1ccccc1Cl. The average Bonchev–Trinajstić information content (AvgIpc) is 2.22. The standard InChI is InChI=1S/C14H20ClN/c1-11(9-12-5-4-6-12)16-10-13-7-2-3-8-14(13)15/h2-3,7-8,11-12,16H,4-6,9-10H2,1H3. The van der Waals surface area contributed by atoms with E-state index in [1.54, 1.807) is 0 Å². The molecule has 1 aromatic carbocycles. The predicted molar refractivity (Wildman–Crippen MR) is 69.7 cm³/mol. The van der Waals surface area contributed by atoms with Gasteiger partial charge in [-0.3, -0.25) is 0 Å². The number of halogens is 1. The van der Waals surface area contributed by atoms with E-state index >= 15 is 0 Å². The van der Waals surface area contributed by atoms with E-state index in [1.807, 2.05) is 18.2 Å². The number of hydrogen-bond donors (Lipinski definition) is 1. The molecular formula is C14H20ClN. The Labute approximate surface area is 103 Å². The third-order valence-electron chi connectivity index (χ3n) is 3.51. The van der Waals surface area contributed by atoms with E-state index in [-0.39, 0.29) is 0 Å². The van der Waals surface area contributed by atoms with Gasteiger partial charge in [0.1, 0.15) is 0 Å². The second-order valence-corrected chi connectivity index (χ2v) is 5.31. The number of benzene rings is 1. The van der Waals surface area contributed by atoms with Crippen LogP contribution in [0.25, 0.3) is 0 Å². The number of nitrogens with one attached hydrogen (secondary N) is 1. The molecular weight excluding hydrogens is 218 g/mol. The van der Waals surface area contributed by atoms with Gasteiger partial charge >= 0.3 is 0 Å². The summed E-state index contributed by atoms with van der Waals surface area (Å²) in [6, 6.07) is 8.66. The first kappa shape index (κ1) is 11.9. The zero-order valence-electron chi connectivity index (χ0n) is 9.88. The highest BCUT2D eigenvalue weighted by atomic mass is 35.5. The Kier molecular flexibility index (Phi) is 4.25. The number of rotatable bonds is 5. The van der Waals surface area contributed by atoms with Gasteiger partial charge < -0.3 is 5.32 Å². The van der Waals surface area contributed by atoms with Crippen molar-refractivity contribution < 1.29 is 0 Å². The highest BCUT2D eigenvalue weighted by Gasteiger charge is 2.19. The topological polar surface area (TPSA) is 12.0 Å². The molecule has 0 spiro atoms. The van der Waals surface area contributed by atoms with Gasteiger partial charge in [-0.05, 0) is 30.9 Å². The van der Waals surface area contributed by atoms with Gasteiger partial charge in [0.2, 0.25) is 0 Å². The summed E-state index contributed by atoms with van der Waals surface area (Å²) >= 11 is 6.11. The maximum atomic E-state index is 6.11. The first-order chi connectivity index (χ1) is 7.75. The maximum absolute atomic E-state index is 6.11. The molecule has 2 rings (SSSR count). The molecule has 0 heterocycles. The third kappa shape index (κ3) is 3.23. The van der Waals surface area contributed by atoms with Gasteiger partial charge in [0, 0.05) is 17.6 Å². The molecule has 0 aromatic heterocycles. The van der Waals surface area contributed by atoms with Gasteiger partial charge in [-0.15, -0.1) is 0 Å². The van der Waals surface area contributed by atoms with Crippen LogP contribution in [0, 0.1) is 5.92 Å². The summed E-state index contributed by atoms with van der Waals surface area (Å²) in [5.74, 6) is 0.966. The van der Waals surface area contributed by atoms with Crippen LogP contribution >= 0.6 is 11.6 Å². The molecule has 1 aromatic rings. The summed E-state index contributed by atoms with van der Waals surface area (Å²) in [5.41, 5.74) is 1.20. The lowest BCUT2D eigenvalue weighted by Crippen LogP contribution is -2.29. The fraction of sp³-hybridized carbons (Fsp3) is 0.571. The average molecular weight is 238 g/mol. The molecule has 88 valence electrons. The van der Waals surface area contributed by atoms with Gasteiger partial charge in [0.15, 0.2) is 0 Å². The van der Waals surface area contributed by atoms with E-state index in [0.29, 0.717) is 6.04 Å². The minimum atomic E-state index is 0.599. The molecule has 1 fully saturated rings. The van der Waals surface area contributed by atoms with Crippen LogP contribution in [0.2, 0.25) is 5.02 Å². The van der Waals surface area contributed by atoms with Crippen LogP contribution in [0.1, 0.15) is 38.2 Å². The molecule has 1 aliphatic carbocycles. The van der Waals surface area contributed by atoms with Gasteiger partial charge in [0.25, 0.3) is 0 Å². The van der Waals surface area contributed by atoms with Crippen LogP contribution in [0.5, 0.6) is 0 Å². The lowest BCUT2D eigenvalue weighted by molar-refractivity contribution is 0.265. The monoisotopic (exact) mass is 237 g/mol. The van der Waals surface area contributed by atoms with Crippen LogP contribution < -0.4 is 5.32 Å². The van der Waals surface area contributed by atoms with Crippen molar-refractivity contribution >= 4 is 11.6 Å². The molecule has 0 amide bonds. The lowest BCUT2D eigenvalue weighted by atomic mass is 9.81. The highest BCUT2D eigenvalue weighted by molar-refractivity contribution is 6.31. The summed E-state index contributed by atoms with van der Waals surface area (Å²) in [6.45, 7) is 3.16. The second-order valence-electron chi connectivity index (χ2n) is 4.91. The molecule has 0 bridgehead atoms. The van der Waals surface area contributed by atoms with E-state index in [2.05, 4.69) is 18.3 Å². The van der Waals surface area contributed by atoms with Gasteiger partial charge in [0.05, 0.1) is 0 Å². The van der Waals surface area contributed by atoms with Crippen LogP contribution in [0.3, 0.4) is 0 Å². The van der Waals surface area contributed by atoms with E-state index in [4.69, 9.17) is 11.6 Å². The third-order valence-corrected chi connectivity index (χ3v) is 3.88. The van der Waals surface area contributed by atoms with E-state index in [9.17, 15) is 0 Å². The molecule has 0 aliphatic heterocycles. The minimum absolute atomic E-state index is 0.599. The van der Waals surface area contributed by atoms with Crippen molar-refractivity contribution in [2.24, 2.45) is 5.92 Å². The van der Waals surface area contributed by atoms with E-state index < -0.39 is 0 Å². The van der Waals surface area contributed by atoms with Gasteiger partial charge in [-0.25, -0.2) is 0 Å². The van der Waals surface area contributed by atoms with E-state index in [1.165, 1.54) is 31.2 Å². The molecule has 1 unspecified atom stereocenters. The van der Waals surface area contributed by atoms with Crippen LogP contribution in [-0.2, 0) is 6.54 Å². The molecule has 2 heteroatoms. The van der Waals surface area contributed by atoms with Crippen molar-refractivity contribution in [3.05, 3.63) is 34.9 Å². The zero-order chi connectivity index (χ0) is 11.4.